The minimum Gasteiger partial charge on any atom is -0.493 e. The van der Waals surface area contributed by atoms with E-state index in [4.69, 9.17) is 23.8 Å². The van der Waals surface area contributed by atoms with Crippen LogP contribution in [0.1, 0.15) is 16.8 Å². The number of aromatic nitrogens is 1. The van der Waals surface area contributed by atoms with Gasteiger partial charge in [-0.2, -0.15) is 0 Å². The predicted octanol–water partition coefficient (Wildman–Crippen LogP) is 4.92. The lowest BCUT2D eigenvalue weighted by Crippen LogP contribution is -2.00. The van der Waals surface area contributed by atoms with Crippen LogP contribution in [-0.2, 0) is 29.2 Å². The van der Waals surface area contributed by atoms with E-state index in [-0.39, 0.29) is 13.0 Å². The van der Waals surface area contributed by atoms with Gasteiger partial charge in [0.15, 0.2) is 17.3 Å². The molecule has 0 spiro atoms. The third-order valence-electron chi connectivity index (χ3n) is 4.77. The minimum absolute atomic E-state index is 0.0302. The van der Waals surface area contributed by atoms with Crippen molar-refractivity contribution in [1.29, 1.82) is 0 Å². The first-order valence-electron chi connectivity index (χ1n) is 9.54. The number of carboxylic acids is 1. The summed E-state index contributed by atoms with van der Waals surface area (Å²) >= 11 is 1.47. The molecule has 0 saturated carbocycles. The number of aliphatic carboxylic acids is 1. The Kier molecular flexibility index (Phi) is 6.20. The molecule has 0 aliphatic heterocycles. The van der Waals surface area contributed by atoms with E-state index in [1.165, 1.54) is 11.3 Å². The first-order chi connectivity index (χ1) is 15.1. The van der Waals surface area contributed by atoms with Gasteiger partial charge in [-0.15, -0.1) is 11.3 Å². The zero-order chi connectivity index (χ0) is 21.8. The molecule has 0 unspecified atom stereocenters. The number of ether oxygens (including phenoxy) is 3. The first kappa shape index (κ1) is 20.9. The highest BCUT2D eigenvalue weighted by Crippen LogP contribution is 2.37. The first-order valence-corrected chi connectivity index (χ1v) is 10.4. The molecule has 31 heavy (non-hydrogen) atoms. The summed E-state index contributed by atoms with van der Waals surface area (Å²) in [5.74, 6) is 0.887. The molecule has 4 aromatic rings. The van der Waals surface area contributed by atoms with Crippen molar-refractivity contribution in [3.05, 3.63) is 64.7 Å². The SMILES string of the molecule is COCc1ccc(-c2cc(COc3cc4scc(CC(=O)O)c4cc3OC)no2)cc1. The fourth-order valence-corrected chi connectivity index (χ4v) is 4.23. The molecular formula is C23H21NO6S. The van der Waals surface area contributed by atoms with E-state index in [1.54, 1.807) is 14.2 Å². The lowest BCUT2D eigenvalue weighted by atomic mass is 10.1. The van der Waals surface area contributed by atoms with Gasteiger partial charge in [0.25, 0.3) is 0 Å². The Hall–Kier alpha value is -3.36. The molecule has 2 heterocycles. The van der Waals surface area contributed by atoms with Crippen LogP contribution < -0.4 is 9.47 Å². The van der Waals surface area contributed by atoms with Crippen LogP contribution in [0, 0.1) is 0 Å². The Labute approximate surface area is 182 Å². The maximum Gasteiger partial charge on any atom is 0.307 e. The highest BCUT2D eigenvalue weighted by molar-refractivity contribution is 7.17. The third-order valence-corrected chi connectivity index (χ3v) is 5.76. The smallest absolute Gasteiger partial charge is 0.307 e. The third kappa shape index (κ3) is 4.70. The van der Waals surface area contributed by atoms with E-state index in [9.17, 15) is 4.79 Å². The number of rotatable bonds is 9. The van der Waals surface area contributed by atoms with Crippen LogP contribution in [0.15, 0.2) is 52.4 Å². The van der Waals surface area contributed by atoms with Gasteiger partial charge in [-0.25, -0.2) is 0 Å². The number of thiophene rings is 1. The average Bonchev–Trinajstić information content (AvgIpc) is 3.39. The number of hydrogen-bond acceptors (Lipinski definition) is 7. The van der Waals surface area contributed by atoms with E-state index in [0.29, 0.717) is 29.6 Å². The van der Waals surface area contributed by atoms with E-state index < -0.39 is 5.97 Å². The summed E-state index contributed by atoms with van der Waals surface area (Å²) in [6.45, 7) is 0.768. The van der Waals surface area contributed by atoms with Gasteiger partial charge in [0.05, 0.1) is 20.1 Å². The van der Waals surface area contributed by atoms with Crippen molar-refractivity contribution in [2.24, 2.45) is 0 Å². The van der Waals surface area contributed by atoms with Gasteiger partial charge in [-0.3, -0.25) is 4.79 Å². The average molecular weight is 439 g/mol. The van der Waals surface area contributed by atoms with Crippen molar-refractivity contribution in [3.63, 3.8) is 0 Å². The van der Waals surface area contributed by atoms with Crippen LogP contribution in [0.25, 0.3) is 21.4 Å². The number of carboxylic acid groups (broad SMARTS) is 1. The highest BCUT2D eigenvalue weighted by atomic mass is 32.1. The van der Waals surface area contributed by atoms with Crippen LogP contribution in [0.5, 0.6) is 11.5 Å². The maximum absolute atomic E-state index is 11.1. The Morgan fingerprint density at radius 2 is 1.90 bits per heavy atom. The molecule has 2 aromatic heterocycles. The van der Waals surface area contributed by atoms with Gasteiger partial charge in [0.2, 0.25) is 0 Å². The fraction of sp³-hybridized carbons (Fsp3) is 0.217. The zero-order valence-corrected chi connectivity index (χ0v) is 17.9. The Bertz CT molecular complexity index is 1190. The molecule has 0 aliphatic carbocycles. The van der Waals surface area contributed by atoms with E-state index in [2.05, 4.69) is 5.16 Å². The normalized spacial score (nSPS) is 11.0. The summed E-state index contributed by atoms with van der Waals surface area (Å²) in [5.41, 5.74) is 3.41. The van der Waals surface area contributed by atoms with Crippen molar-refractivity contribution in [2.45, 2.75) is 19.6 Å². The molecule has 4 rings (SSSR count). The van der Waals surface area contributed by atoms with Gasteiger partial charge >= 0.3 is 5.97 Å². The summed E-state index contributed by atoms with van der Waals surface area (Å²) in [7, 11) is 3.22. The van der Waals surface area contributed by atoms with Crippen molar-refractivity contribution in [3.8, 4) is 22.8 Å². The summed E-state index contributed by atoms with van der Waals surface area (Å²) < 4.78 is 22.9. The molecule has 2 aromatic carbocycles. The minimum atomic E-state index is -0.867. The van der Waals surface area contributed by atoms with E-state index in [1.807, 2.05) is 47.8 Å². The van der Waals surface area contributed by atoms with E-state index in [0.717, 1.165) is 26.8 Å². The zero-order valence-electron chi connectivity index (χ0n) is 17.1. The highest BCUT2D eigenvalue weighted by Gasteiger charge is 2.15. The summed E-state index contributed by atoms with van der Waals surface area (Å²) in [5, 5.41) is 15.9. The monoisotopic (exact) mass is 439 g/mol. The number of nitrogens with zero attached hydrogens (tertiary/aromatic N) is 1. The van der Waals surface area contributed by atoms with Crippen LogP contribution in [0.3, 0.4) is 0 Å². The van der Waals surface area contributed by atoms with Crippen molar-refractivity contribution in [2.75, 3.05) is 14.2 Å². The topological polar surface area (TPSA) is 91.0 Å². The summed E-state index contributed by atoms with van der Waals surface area (Å²) in [6.07, 6.45) is -0.0302. The lowest BCUT2D eigenvalue weighted by Gasteiger charge is -2.10. The molecule has 1 N–H and O–H groups in total. The Morgan fingerprint density at radius 1 is 1.10 bits per heavy atom. The quantitative estimate of drug-likeness (QED) is 0.396. The van der Waals surface area contributed by atoms with Gasteiger partial charge in [0, 0.05) is 34.9 Å². The number of fused-ring (bicyclic) bond motifs is 1. The molecule has 0 atom stereocenters. The number of carbonyl (C=O) groups is 1. The molecule has 0 amide bonds. The standard InChI is InChI=1S/C23H21NO6S/c1-27-11-14-3-5-15(6-4-14)19-8-17(24-30-19)12-29-21-10-22-18(9-20(21)28-2)16(13-31-22)7-23(25)26/h3-6,8-10,13H,7,11-12H2,1-2H3,(H,25,26). The van der Waals surface area contributed by atoms with Crippen LogP contribution in [0.4, 0.5) is 0 Å². The Balaban J connectivity index is 1.49. The van der Waals surface area contributed by atoms with Crippen LogP contribution >= 0.6 is 11.3 Å². The van der Waals surface area contributed by atoms with Crippen molar-refractivity contribution in [1.82, 2.24) is 5.16 Å². The van der Waals surface area contributed by atoms with Gasteiger partial charge in [-0.05, 0) is 22.6 Å². The molecule has 0 aliphatic rings. The van der Waals surface area contributed by atoms with Gasteiger partial charge in [-0.1, -0.05) is 29.4 Å². The fourth-order valence-electron chi connectivity index (χ4n) is 3.26. The van der Waals surface area contributed by atoms with Gasteiger partial charge in [0.1, 0.15) is 12.3 Å². The summed E-state index contributed by atoms with van der Waals surface area (Å²) in [6, 6.07) is 13.4. The second-order valence-corrected chi connectivity index (χ2v) is 7.84. The molecule has 8 heteroatoms. The molecule has 0 bridgehead atoms. The Morgan fingerprint density at radius 3 is 2.61 bits per heavy atom. The summed E-state index contributed by atoms with van der Waals surface area (Å²) in [4.78, 5) is 11.1. The number of methoxy groups -OCH3 is 2. The molecule has 0 saturated heterocycles. The second-order valence-electron chi connectivity index (χ2n) is 6.93. The van der Waals surface area contributed by atoms with Crippen LogP contribution in [0.2, 0.25) is 0 Å². The second kappa shape index (κ2) is 9.20. The predicted molar refractivity (Wildman–Crippen MR) is 117 cm³/mol. The molecule has 160 valence electrons. The number of hydrogen-bond donors (Lipinski definition) is 1. The van der Waals surface area contributed by atoms with Crippen LogP contribution in [-0.4, -0.2) is 30.5 Å². The molecule has 7 nitrogen and oxygen atoms in total. The van der Waals surface area contributed by atoms with Gasteiger partial charge < -0.3 is 23.8 Å². The van der Waals surface area contributed by atoms with Crippen molar-refractivity contribution < 1.29 is 28.6 Å². The number of benzene rings is 2. The molecule has 0 radical (unpaired) electrons. The lowest BCUT2D eigenvalue weighted by molar-refractivity contribution is -0.136. The largest absolute Gasteiger partial charge is 0.493 e. The maximum atomic E-state index is 11.1. The molecular weight excluding hydrogens is 418 g/mol. The van der Waals surface area contributed by atoms with Crippen molar-refractivity contribution >= 4 is 27.4 Å². The van der Waals surface area contributed by atoms with E-state index >= 15 is 0 Å². The molecule has 0 fully saturated rings.